The molecule has 0 aliphatic heterocycles. The number of phenolic OH excluding ortho intramolecular Hbond substituents is 1. The molecule has 3 aliphatic carbocycles. The fourth-order valence-electron chi connectivity index (χ4n) is 6.99. The number of phenols is 1. The van der Waals surface area contributed by atoms with Crippen LogP contribution in [-0.4, -0.2) is 61.3 Å². The molecule has 0 unspecified atom stereocenters. The first-order chi connectivity index (χ1) is 19.7. The van der Waals surface area contributed by atoms with Crippen LogP contribution in [0.2, 0.25) is 0 Å². The number of Topliss-reactive ketones (excluding diaryl/α,β-unsaturated/α-hetero) is 2. The summed E-state index contributed by atoms with van der Waals surface area (Å²) < 4.78 is 0. The summed E-state index contributed by atoms with van der Waals surface area (Å²) in [6.45, 7) is 6.32. The van der Waals surface area contributed by atoms with E-state index < -0.39 is 81.4 Å². The monoisotopic (exact) mass is 576 g/mol. The maximum Gasteiger partial charge on any atom is 0.255 e. The Bertz CT molecular complexity index is 1540. The molecule has 8 N–H and O–H groups in total. The van der Waals surface area contributed by atoms with E-state index in [0.717, 1.165) is 12.1 Å². The van der Waals surface area contributed by atoms with Crippen molar-refractivity contribution in [2.24, 2.45) is 17.6 Å². The second-order valence-electron chi connectivity index (χ2n) is 12.2. The number of anilines is 1. The van der Waals surface area contributed by atoms with Gasteiger partial charge in [-0.05, 0) is 41.9 Å². The van der Waals surface area contributed by atoms with Crippen molar-refractivity contribution in [3.05, 3.63) is 81.8 Å². The maximum absolute atomic E-state index is 14.0. The van der Waals surface area contributed by atoms with Gasteiger partial charge in [0.25, 0.3) is 5.91 Å². The Morgan fingerprint density at radius 3 is 2.40 bits per heavy atom. The van der Waals surface area contributed by atoms with Crippen molar-refractivity contribution in [2.75, 3.05) is 11.9 Å². The normalized spacial score (nSPS) is 27.4. The van der Waals surface area contributed by atoms with Crippen LogP contribution in [0.3, 0.4) is 0 Å². The Morgan fingerprint density at radius 2 is 1.76 bits per heavy atom. The van der Waals surface area contributed by atoms with Gasteiger partial charge in [-0.25, -0.2) is 0 Å². The number of carbonyl (C=O) groups excluding carboxylic acids is 3. The smallest absolute Gasteiger partial charge is 0.255 e. The summed E-state index contributed by atoms with van der Waals surface area (Å²) in [6, 6.07) is 13.3. The number of nitrogens with one attached hydrogen (secondary N) is 1. The number of benzene rings is 2. The molecule has 5 atom stereocenters. The fourth-order valence-corrected chi connectivity index (χ4v) is 6.99. The summed E-state index contributed by atoms with van der Waals surface area (Å²) >= 11 is 0. The summed E-state index contributed by atoms with van der Waals surface area (Å²) in [5.74, 6) is -8.59. The molecule has 0 aromatic heterocycles. The summed E-state index contributed by atoms with van der Waals surface area (Å²) in [5, 5.41) is 59.4. The third-order valence-corrected chi connectivity index (χ3v) is 9.31. The average Bonchev–Trinajstić information content (AvgIpc) is 2.93. The molecule has 222 valence electrons. The molecule has 0 heterocycles. The molecule has 5 rings (SSSR count). The van der Waals surface area contributed by atoms with E-state index in [4.69, 9.17) is 5.73 Å². The van der Waals surface area contributed by atoms with Crippen molar-refractivity contribution >= 4 is 23.2 Å². The Morgan fingerprint density at radius 1 is 1.10 bits per heavy atom. The van der Waals surface area contributed by atoms with Crippen molar-refractivity contribution < 1.29 is 39.9 Å². The van der Waals surface area contributed by atoms with Gasteiger partial charge in [0.2, 0.25) is 5.78 Å². The molecule has 42 heavy (non-hydrogen) atoms. The van der Waals surface area contributed by atoms with Gasteiger partial charge in [-0.1, -0.05) is 51.1 Å². The maximum atomic E-state index is 14.0. The van der Waals surface area contributed by atoms with Crippen LogP contribution in [0.15, 0.2) is 65.1 Å². The van der Waals surface area contributed by atoms with E-state index in [1.165, 1.54) is 0 Å². The molecule has 0 saturated heterocycles. The number of aliphatic hydroxyl groups excluding tert-OH is 3. The highest BCUT2D eigenvalue weighted by molar-refractivity contribution is 6.24. The van der Waals surface area contributed by atoms with Crippen LogP contribution >= 0.6 is 0 Å². The molecule has 2 aromatic carbocycles. The van der Waals surface area contributed by atoms with Gasteiger partial charge in [-0.15, -0.1) is 0 Å². The first-order valence-electron chi connectivity index (χ1n) is 14.0. The minimum atomic E-state index is -2.85. The Hall–Kier alpha value is -4.15. The lowest BCUT2D eigenvalue weighted by molar-refractivity contribution is -0.154. The third kappa shape index (κ3) is 4.28. The van der Waals surface area contributed by atoms with Crippen molar-refractivity contribution in [1.82, 2.24) is 0 Å². The van der Waals surface area contributed by atoms with Crippen LogP contribution in [-0.2, 0) is 15.0 Å². The first kappa shape index (κ1) is 29.3. The molecule has 0 fully saturated rings. The summed E-state index contributed by atoms with van der Waals surface area (Å²) in [7, 11) is 0. The van der Waals surface area contributed by atoms with Crippen LogP contribution in [0.4, 0.5) is 5.69 Å². The Balaban J connectivity index is 1.51. The molecule has 1 amide bonds. The van der Waals surface area contributed by atoms with Crippen molar-refractivity contribution in [3.63, 3.8) is 0 Å². The predicted octanol–water partition coefficient (Wildman–Crippen LogP) is 3.28. The molecular weight excluding hydrogens is 540 g/mol. The zero-order valence-corrected chi connectivity index (χ0v) is 23.7. The predicted molar refractivity (Wildman–Crippen MR) is 154 cm³/mol. The van der Waals surface area contributed by atoms with E-state index >= 15 is 0 Å². The first-order valence-corrected chi connectivity index (χ1v) is 14.0. The lowest BCUT2D eigenvalue weighted by Crippen LogP contribution is -2.62. The fraction of sp³-hybridized carbons (Fsp3) is 0.406. The second kappa shape index (κ2) is 10.3. The number of rotatable bonds is 7. The van der Waals surface area contributed by atoms with E-state index in [1.807, 2.05) is 44.2 Å². The molecule has 0 spiro atoms. The van der Waals surface area contributed by atoms with Gasteiger partial charge >= 0.3 is 0 Å². The van der Waals surface area contributed by atoms with E-state index in [-0.39, 0.29) is 11.3 Å². The minimum Gasteiger partial charge on any atom is -0.511 e. The Kier molecular flexibility index (Phi) is 7.19. The van der Waals surface area contributed by atoms with Crippen LogP contribution in [0.25, 0.3) is 0 Å². The van der Waals surface area contributed by atoms with E-state index in [0.29, 0.717) is 24.1 Å². The molecule has 3 aliphatic rings. The molecule has 10 nitrogen and oxygen atoms in total. The number of amides is 1. The van der Waals surface area contributed by atoms with Gasteiger partial charge in [-0.2, -0.15) is 0 Å². The summed E-state index contributed by atoms with van der Waals surface area (Å²) in [6.07, 6.45) is -0.633. The van der Waals surface area contributed by atoms with Crippen LogP contribution in [0.5, 0.6) is 5.75 Å². The molecule has 10 heteroatoms. The van der Waals surface area contributed by atoms with Gasteiger partial charge in [0, 0.05) is 41.6 Å². The van der Waals surface area contributed by atoms with Crippen LogP contribution in [0.1, 0.15) is 67.4 Å². The highest BCUT2D eigenvalue weighted by atomic mass is 16.4. The summed E-state index contributed by atoms with van der Waals surface area (Å²) in [4.78, 5) is 39.1. The number of hydrogen-bond acceptors (Lipinski definition) is 9. The highest BCUT2D eigenvalue weighted by Crippen LogP contribution is 2.55. The number of aromatic hydroxyl groups is 1. The summed E-state index contributed by atoms with van der Waals surface area (Å²) in [5.41, 5.74) is 2.44. The van der Waals surface area contributed by atoms with Gasteiger partial charge in [0.05, 0.1) is 11.7 Å². The molecule has 2 aromatic rings. The van der Waals surface area contributed by atoms with Crippen molar-refractivity contribution in [3.8, 4) is 5.75 Å². The lowest BCUT2D eigenvalue weighted by atomic mass is 9.56. The molecule has 0 bridgehead atoms. The molecule has 0 radical (unpaired) electrons. The zero-order chi connectivity index (χ0) is 30.7. The number of aliphatic hydroxyl groups is 4. The largest absolute Gasteiger partial charge is 0.511 e. The number of fused-ring (bicyclic) bond motifs is 3. The van der Waals surface area contributed by atoms with Crippen LogP contribution < -0.4 is 11.1 Å². The van der Waals surface area contributed by atoms with Crippen molar-refractivity contribution in [1.29, 1.82) is 0 Å². The highest BCUT2D eigenvalue weighted by Gasteiger charge is 2.64. The Labute approximate surface area is 243 Å². The van der Waals surface area contributed by atoms with Crippen molar-refractivity contribution in [2.45, 2.75) is 63.1 Å². The van der Waals surface area contributed by atoms with E-state index in [2.05, 4.69) is 5.32 Å². The second-order valence-corrected chi connectivity index (χ2v) is 12.2. The molecular formula is C32H36N2O8. The van der Waals surface area contributed by atoms with Gasteiger partial charge < -0.3 is 36.6 Å². The van der Waals surface area contributed by atoms with E-state index in [1.54, 1.807) is 19.1 Å². The number of allylic oxidation sites excluding steroid dienone is 1. The quantitative estimate of drug-likeness (QED) is 0.191. The molecule has 0 saturated carbocycles. The van der Waals surface area contributed by atoms with Crippen LogP contribution in [0, 0.1) is 11.8 Å². The van der Waals surface area contributed by atoms with Gasteiger partial charge in [0.1, 0.15) is 22.8 Å². The van der Waals surface area contributed by atoms with E-state index in [9.17, 15) is 39.9 Å². The minimum absolute atomic E-state index is 0.0701. The SMILES string of the molecule is C[C@H]1c2ccc(C(C)(C)CCCNc3ccccc3)c(O)c2C(=O)C2=C(O)[C@]3(O)C(=O)C(C(N)=O)=C(O)C[C@@H]3[C@@H](O)[C@@H]21. The number of nitrogens with two attached hydrogens (primary N) is 1. The van der Waals surface area contributed by atoms with Gasteiger partial charge in [0.15, 0.2) is 11.4 Å². The topological polar surface area (TPSA) is 190 Å². The number of para-hydroxylation sites is 1. The zero-order valence-electron chi connectivity index (χ0n) is 23.7. The standard InChI is InChI=1S/C32H36N2O8/c1-15-17-10-11-18(31(2,3)12-7-13-34-16-8-5-4-6-9-16)25(36)22(17)27(38)24-21(15)26(37)19-14-20(35)23(30(33)41)28(39)32(19,42)29(24)40/h4-6,8-11,15,19,21,26,34-37,40,42H,7,12-14H2,1-3H3,(H2,33,41)/t15-,19+,21+,26+,32+/m0/s1. The third-order valence-electron chi connectivity index (χ3n) is 9.31. The number of primary amides is 1. The average molecular weight is 577 g/mol. The number of carbonyl (C=O) groups is 3. The number of hydrogen-bond donors (Lipinski definition) is 7. The lowest BCUT2D eigenvalue weighted by Gasteiger charge is -2.50. The van der Waals surface area contributed by atoms with Gasteiger partial charge in [-0.3, -0.25) is 14.4 Å². The number of ketones is 2.